The summed E-state index contributed by atoms with van der Waals surface area (Å²) in [7, 11) is 3.70. The number of hydrogen-bond donors (Lipinski definition) is 2. The van der Waals surface area contributed by atoms with Crippen molar-refractivity contribution in [3.8, 4) is 0 Å². The van der Waals surface area contributed by atoms with Crippen LogP contribution in [0, 0.1) is 0 Å². The van der Waals surface area contributed by atoms with Crippen LogP contribution >= 0.6 is 11.6 Å². The number of anilines is 1. The van der Waals surface area contributed by atoms with Gasteiger partial charge in [-0.25, -0.2) is 0 Å². The van der Waals surface area contributed by atoms with Crippen LogP contribution in [0.5, 0.6) is 0 Å². The number of aryl methyl sites for hydroxylation is 1. The first-order valence-electron chi connectivity index (χ1n) is 8.43. The molecule has 6 heteroatoms. The van der Waals surface area contributed by atoms with Gasteiger partial charge in [0.05, 0.1) is 11.1 Å². The Kier molecular flexibility index (Phi) is 5.28. The molecule has 1 aromatic heterocycles. The topological polar surface area (TPSA) is 59.0 Å². The summed E-state index contributed by atoms with van der Waals surface area (Å²) in [5.74, 6) is -0.165. The molecule has 0 spiro atoms. The maximum atomic E-state index is 13.0. The molecule has 0 unspecified atom stereocenters. The van der Waals surface area contributed by atoms with Crippen molar-refractivity contribution in [2.45, 2.75) is 13.3 Å². The number of allylic oxidation sites excluding steroid dienone is 1. The minimum absolute atomic E-state index is 0.165. The van der Waals surface area contributed by atoms with Crippen molar-refractivity contribution < 1.29 is 4.79 Å². The van der Waals surface area contributed by atoms with E-state index in [0.29, 0.717) is 17.0 Å². The average Bonchev–Trinajstić information content (AvgIpc) is 2.99. The van der Waals surface area contributed by atoms with Gasteiger partial charge in [0.15, 0.2) is 0 Å². The molecule has 2 aromatic carbocycles. The van der Waals surface area contributed by atoms with Crippen molar-refractivity contribution in [1.82, 2.24) is 15.1 Å². The molecule has 26 heavy (non-hydrogen) atoms. The van der Waals surface area contributed by atoms with E-state index in [0.717, 1.165) is 27.9 Å². The Balaban J connectivity index is 1.96. The van der Waals surface area contributed by atoms with Gasteiger partial charge in [-0.3, -0.25) is 9.48 Å². The van der Waals surface area contributed by atoms with Crippen molar-refractivity contribution in [1.29, 1.82) is 0 Å². The minimum atomic E-state index is -0.165. The van der Waals surface area contributed by atoms with Gasteiger partial charge in [0.25, 0.3) is 5.91 Å². The lowest BCUT2D eigenvalue weighted by Gasteiger charge is -2.15. The molecule has 0 radical (unpaired) electrons. The zero-order valence-electron chi connectivity index (χ0n) is 15.0. The lowest BCUT2D eigenvalue weighted by molar-refractivity contribution is -0.111. The van der Waals surface area contributed by atoms with Crippen LogP contribution in [-0.2, 0) is 11.8 Å². The standard InChI is InChI=1S/C20H21ClN4O/c1-4-17(22-2)19(13-5-7-15(21)8-6-13)20(26)23-16-9-10-18-14(11-16)12-25(3)24-18/h5-12,22H,4H2,1-3H3,(H,23,26)/b19-17+. The number of benzene rings is 2. The van der Waals surface area contributed by atoms with Crippen molar-refractivity contribution in [2.75, 3.05) is 12.4 Å². The summed E-state index contributed by atoms with van der Waals surface area (Å²) < 4.78 is 1.76. The fourth-order valence-corrected chi connectivity index (χ4v) is 3.08. The molecule has 0 atom stereocenters. The molecule has 0 aliphatic carbocycles. The Bertz CT molecular complexity index is 967. The van der Waals surface area contributed by atoms with Crippen molar-refractivity contribution in [2.24, 2.45) is 7.05 Å². The van der Waals surface area contributed by atoms with Crippen LogP contribution in [0.25, 0.3) is 16.5 Å². The molecule has 0 bridgehead atoms. The van der Waals surface area contributed by atoms with Gasteiger partial charge in [0.2, 0.25) is 0 Å². The van der Waals surface area contributed by atoms with Crippen LogP contribution in [0.2, 0.25) is 5.02 Å². The summed E-state index contributed by atoms with van der Waals surface area (Å²) >= 11 is 5.99. The van der Waals surface area contributed by atoms with Gasteiger partial charge in [-0.1, -0.05) is 30.7 Å². The molecular formula is C20H21ClN4O. The molecule has 3 rings (SSSR count). The fourth-order valence-electron chi connectivity index (χ4n) is 2.96. The number of hydrogen-bond acceptors (Lipinski definition) is 3. The highest BCUT2D eigenvalue weighted by molar-refractivity contribution is 6.31. The van der Waals surface area contributed by atoms with Crippen LogP contribution in [0.4, 0.5) is 5.69 Å². The SMILES string of the molecule is CC/C(NC)=C(\C(=O)Nc1ccc2nn(C)cc2c1)c1ccc(Cl)cc1. The van der Waals surface area contributed by atoms with E-state index in [2.05, 4.69) is 15.7 Å². The van der Waals surface area contributed by atoms with E-state index in [1.165, 1.54) is 0 Å². The molecular weight excluding hydrogens is 348 g/mol. The largest absolute Gasteiger partial charge is 0.391 e. The van der Waals surface area contributed by atoms with E-state index in [4.69, 9.17) is 11.6 Å². The number of carbonyl (C=O) groups excluding carboxylic acids is 1. The smallest absolute Gasteiger partial charge is 0.258 e. The normalized spacial score (nSPS) is 12.0. The zero-order valence-corrected chi connectivity index (χ0v) is 15.8. The third-order valence-corrected chi connectivity index (χ3v) is 4.45. The molecule has 3 aromatic rings. The number of fused-ring (bicyclic) bond motifs is 1. The number of halogens is 1. The number of nitrogens with zero attached hydrogens (tertiary/aromatic N) is 2. The third-order valence-electron chi connectivity index (χ3n) is 4.19. The number of carbonyl (C=O) groups is 1. The number of nitrogens with one attached hydrogen (secondary N) is 2. The maximum Gasteiger partial charge on any atom is 0.258 e. The quantitative estimate of drug-likeness (QED) is 0.663. The summed E-state index contributed by atoms with van der Waals surface area (Å²) in [6.07, 6.45) is 2.63. The van der Waals surface area contributed by atoms with Crippen LogP contribution in [0.3, 0.4) is 0 Å². The van der Waals surface area contributed by atoms with E-state index in [1.54, 1.807) is 16.8 Å². The molecule has 0 saturated heterocycles. The van der Waals surface area contributed by atoms with E-state index >= 15 is 0 Å². The second kappa shape index (κ2) is 7.62. The van der Waals surface area contributed by atoms with Gasteiger partial charge in [0.1, 0.15) is 0 Å². The highest BCUT2D eigenvalue weighted by atomic mass is 35.5. The first-order valence-corrected chi connectivity index (χ1v) is 8.81. The average molecular weight is 369 g/mol. The molecule has 134 valence electrons. The van der Waals surface area contributed by atoms with Crippen LogP contribution in [0.15, 0.2) is 54.4 Å². The van der Waals surface area contributed by atoms with E-state index in [-0.39, 0.29) is 5.91 Å². The Morgan fingerprint density at radius 2 is 1.92 bits per heavy atom. The molecule has 0 fully saturated rings. The van der Waals surface area contributed by atoms with Crippen molar-refractivity contribution in [3.05, 3.63) is 64.9 Å². The Morgan fingerprint density at radius 1 is 1.19 bits per heavy atom. The predicted molar refractivity (Wildman–Crippen MR) is 107 cm³/mol. The van der Waals surface area contributed by atoms with Gasteiger partial charge >= 0.3 is 0 Å². The summed E-state index contributed by atoms with van der Waals surface area (Å²) in [6.45, 7) is 2.01. The second-order valence-electron chi connectivity index (χ2n) is 5.99. The zero-order chi connectivity index (χ0) is 18.7. The minimum Gasteiger partial charge on any atom is -0.391 e. The van der Waals surface area contributed by atoms with Crippen molar-refractivity contribution in [3.63, 3.8) is 0 Å². The lowest BCUT2D eigenvalue weighted by Crippen LogP contribution is -2.19. The Morgan fingerprint density at radius 3 is 2.58 bits per heavy atom. The van der Waals surface area contributed by atoms with Gasteiger partial charge in [-0.15, -0.1) is 0 Å². The molecule has 2 N–H and O–H groups in total. The van der Waals surface area contributed by atoms with Gasteiger partial charge < -0.3 is 10.6 Å². The predicted octanol–water partition coefficient (Wildman–Crippen LogP) is 4.21. The molecule has 0 saturated carbocycles. The summed E-state index contributed by atoms with van der Waals surface area (Å²) in [4.78, 5) is 13.0. The second-order valence-corrected chi connectivity index (χ2v) is 6.43. The summed E-state index contributed by atoms with van der Waals surface area (Å²) in [5, 5.41) is 12.1. The molecule has 1 heterocycles. The van der Waals surface area contributed by atoms with Crippen LogP contribution < -0.4 is 10.6 Å². The van der Waals surface area contributed by atoms with Crippen molar-refractivity contribution >= 4 is 39.7 Å². The van der Waals surface area contributed by atoms with E-state index in [9.17, 15) is 4.79 Å². The van der Waals surface area contributed by atoms with Gasteiger partial charge in [-0.2, -0.15) is 5.10 Å². The Hall–Kier alpha value is -2.79. The molecule has 0 aliphatic rings. The lowest BCUT2D eigenvalue weighted by atomic mass is 10.0. The monoisotopic (exact) mass is 368 g/mol. The highest BCUT2D eigenvalue weighted by Crippen LogP contribution is 2.24. The number of aromatic nitrogens is 2. The summed E-state index contributed by atoms with van der Waals surface area (Å²) in [5.41, 5.74) is 3.92. The molecule has 5 nitrogen and oxygen atoms in total. The highest BCUT2D eigenvalue weighted by Gasteiger charge is 2.17. The van der Waals surface area contributed by atoms with Gasteiger partial charge in [-0.05, 0) is 42.3 Å². The fraction of sp³-hybridized carbons (Fsp3) is 0.200. The molecule has 1 amide bonds. The summed E-state index contributed by atoms with van der Waals surface area (Å²) in [6, 6.07) is 13.0. The van der Waals surface area contributed by atoms with E-state index in [1.807, 2.05) is 57.5 Å². The van der Waals surface area contributed by atoms with E-state index < -0.39 is 0 Å². The number of amides is 1. The maximum absolute atomic E-state index is 13.0. The van der Waals surface area contributed by atoms with Crippen LogP contribution in [0.1, 0.15) is 18.9 Å². The Labute approximate surface area is 157 Å². The van der Waals surface area contributed by atoms with Crippen LogP contribution in [-0.4, -0.2) is 22.7 Å². The third kappa shape index (κ3) is 3.73. The molecule has 0 aliphatic heterocycles. The first kappa shape index (κ1) is 18.0. The number of rotatable bonds is 5. The van der Waals surface area contributed by atoms with Gasteiger partial charge in [0, 0.05) is 42.1 Å². The first-order chi connectivity index (χ1) is 12.5.